The molecule has 0 atom stereocenters. The molecule has 4 rings (SSSR count). The van der Waals surface area contributed by atoms with Gasteiger partial charge in [-0.3, -0.25) is 4.79 Å². The maximum Gasteiger partial charge on any atom is 0.281 e. The molecule has 3 aromatic carbocycles. The first-order chi connectivity index (χ1) is 15.5. The molecule has 0 aliphatic carbocycles. The lowest BCUT2D eigenvalue weighted by molar-refractivity contribution is 0.0947. The van der Waals surface area contributed by atoms with E-state index in [1.165, 1.54) is 4.68 Å². The molecule has 0 spiro atoms. The van der Waals surface area contributed by atoms with E-state index in [2.05, 4.69) is 20.7 Å². The second-order valence-corrected chi connectivity index (χ2v) is 8.17. The molecule has 0 radical (unpaired) electrons. The molecule has 4 aromatic rings. The third-order valence-corrected chi connectivity index (χ3v) is 5.33. The Labute approximate surface area is 196 Å². The second-order valence-electron chi connectivity index (χ2n) is 7.30. The number of hydrogen-bond donors (Lipinski definition) is 2. The van der Waals surface area contributed by atoms with E-state index < -0.39 is 0 Å². The number of benzene rings is 3. The van der Waals surface area contributed by atoms with E-state index in [9.17, 15) is 4.79 Å². The van der Waals surface area contributed by atoms with Gasteiger partial charge in [0, 0.05) is 28.7 Å². The number of carbonyl (C=O) groups is 1. The molecular weight excluding hydrogens is 445 g/mol. The summed E-state index contributed by atoms with van der Waals surface area (Å²) in [5.74, 6) is 0.429. The van der Waals surface area contributed by atoms with Crippen molar-refractivity contribution in [2.45, 2.75) is 20.0 Å². The van der Waals surface area contributed by atoms with E-state index in [1.54, 1.807) is 12.1 Å². The summed E-state index contributed by atoms with van der Waals surface area (Å²) in [6.45, 7) is 2.94. The van der Waals surface area contributed by atoms with Crippen molar-refractivity contribution in [2.24, 2.45) is 0 Å². The van der Waals surface area contributed by atoms with Crippen molar-refractivity contribution in [1.29, 1.82) is 0 Å². The van der Waals surface area contributed by atoms with Gasteiger partial charge in [0.25, 0.3) is 5.91 Å². The SMILES string of the molecule is Cc1ccc(C(=O)n2nc(NCc3ccc(Cl)cc3)nc2NCc2ccc(Cl)cc2)cc1. The summed E-state index contributed by atoms with van der Waals surface area (Å²) in [6.07, 6.45) is 0. The van der Waals surface area contributed by atoms with E-state index in [-0.39, 0.29) is 5.91 Å². The molecule has 0 saturated carbocycles. The van der Waals surface area contributed by atoms with Gasteiger partial charge in [0.1, 0.15) is 0 Å². The monoisotopic (exact) mass is 465 g/mol. The number of nitrogens with one attached hydrogen (secondary N) is 2. The molecule has 32 heavy (non-hydrogen) atoms. The Morgan fingerprint density at radius 2 is 1.34 bits per heavy atom. The highest BCUT2D eigenvalue weighted by Crippen LogP contribution is 2.17. The number of halogens is 2. The van der Waals surface area contributed by atoms with Gasteiger partial charge in [-0.2, -0.15) is 9.67 Å². The highest BCUT2D eigenvalue weighted by atomic mass is 35.5. The van der Waals surface area contributed by atoms with Crippen molar-refractivity contribution >= 4 is 41.0 Å². The lowest BCUT2D eigenvalue weighted by atomic mass is 10.1. The summed E-state index contributed by atoms with van der Waals surface area (Å²) in [5, 5.41) is 12.1. The van der Waals surface area contributed by atoms with E-state index in [0.717, 1.165) is 16.7 Å². The summed E-state index contributed by atoms with van der Waals surface area (Å²) in [6, 6.07) is 22.3. The Hall–Kier alpha value is -3.35. The largest absolute Gasteiger partial charge is 0.350 e. The fraction of sp³-hybridized carbons (Fsp3) is 0.125. The molecule has 0 saturated heterocycles. The molecule has 162 valence electrons. The van der Waals surface area contributed by atoms with Gasteiger partial charge in [-0.25, -0.2) is 0 Å². The first-order valence-corrected chi connectivity index (χ1v) is 10.8. The maximum atomic E-state index is 13.1. The Bertz CT molecular complexity index is 1200. The van der Waals surface area contributed by atoms with Crippen molar-refractivity contribution in [3.63, 3.8) is 0 Å². The molecule has 0 fully saturated rings. The summed E-state index contributed by atoms with van der Waals surface area (Å²) in [4.78, 5) is 17.6. The Kier molecular flexibility index (Phi) is 6.73. The smallest absolute Gasteiger partial charge is 0.281 e. The number of rotatable bonds is 7. The first kappa shape index (κ1) is 21.9. The molecule has 0 bridgehead atoms. The zero-order valence-corrected chi connectivity index (χ0v) is 18.9. The topological polar surface area (TPSA) is 71.8 Å². The number of nitrogens with zero attached hydrogens (tertiary/aromatic N) is 3. The molecule has 2 N–H and O–H groups in total. The molecule has 0 unspecified atom stereocenters. The third kappa shape index (κ3) is 5.46. The van der Waals surface area contributed by atoms with Crippen molar-refractivity contribution < 1.29 is 4.79 Å². The van der Waals surface area contributed by atoms with Crippen LogP contribution < -0.4 is 10.6 Å². The number of aromatic nitrogens is 3. The highest BCUT2D eigenvalue weighted by Gasteiger charge is 2.18. The molecular formula is C24H21Cl2N5O. The van der Waals surface area contributed by atoms with Crippen molar-refractivity contribution in [2.75, 3.05) is 10.6 Å². The Balaban J connectivity index is 1.56. The van der Waals surface area contributed by atoms with E-state index in [0.29, 0.717) is 40.6 Å². The average molecular weight is 466 g/mol. The summed E-state index contributed by atoms with van der Waals surface area (Å²) < 4.78 is 1.28. The van der Waals surface area contributed by atoms with Crippen LogP contribution in [-0.2, 0) is 13.1 Å². The van der Waals surface area contributed by atoms with Crippen molar-refractivity contribution in [3.8, 4) is 0 Å². The first-order valence-electron chi connectivity index (χ1n) is 10.0. The van der Waals surface area contributed by atoms with E-state index in [1.807, 2.05) is 67.6 Å². The van der Waals surface area contributed by atoms with Crippen LogP contribution in [0.5, 0.6) is 0 Å². The van der Waals surface area contributed by atoms with Crippen LogP contribution in [0.15, 0.2) is 72.8 Å². The number of aryl methyl sites for hydroxylation is 1. The summed E-state index contributed by atoms with van der Waals surface area (Å²) >= 11 is 11.9. The number of hydrogen-bond acceptors (Lipinski definition) is 5. The van der Waals surface area contributed by atoms with Gasteiger partial charge in [-0.15, -0.1) is 5.10 Å². The van der Waals surface area contributed by atoms with E-state index >= 15 is 0 Å². The number of carbonyl (C=O) groups excluding carboxylic acids is 1. The predicted octanol–water partition coefficient (Wildman–Crippen LogP) is 5.81. The lowest BCUT2D eigenvalue weighted by Crippen LogP contribution is -2.17. The fourth-order valence-corrected chi connectivity index (χ4v) is 3.28. The lowest BCUT2D eigenvalue weighted by Gasteiger charge is -2.07. The Morgan fingerprint density at radius 1 is 0.812 bits per heavy atom. The van der Waals surface area contributed by atoms with Crippen LogP contribution in [0.25, 0.3) is 0 Å². The van der Waals surface area contributed by atoms with Crippen LogP contribution in [0.4, 0.5) is 11.9 Å². The molecule has 8 heteroatoms. The van der Waals surface area contributed by atoms with Crippen LogP contribution in [0.2, 0.25) is 10.0 Å². The number of anilines is 2. The zero-order chi connectivity index (χ0) is 22.5. The molecule has 6 nitrogen and oxygen atoms in total. The van der Waals surface area contributed by atoms with Gasteiger partial charge in [0.15, 0.2) is 0 Å². The van der Waals surface area contributed by atoms with Crippen LogP contribution in [0.1, 0.15) is 27.0 Å². The van der Waals surface area contributed by atoms with Gasteiger partial charge in [0.05, 0.1) is 0 Å². The van der Waals surface area contributed by atoms with Gasteiger partial charge in [-0.05, 0) is 54.4 Å². The van der Waals surface area contributed by atoms with Crippen molar-refractivity contribution in [1.82, 2.24) is 14.8 Å². The van der Waals surface area contributed by atoms with Crippen molar-refractivity contribution in [3.05, 3.63) is 105 Å². The predicted molar refractivity (Wildman–Crippen MR) is 128 cm³/mol. The summed E-state index contributed by atoms with van der Waals surface area (Å²) in [5.41, 5.74) is 3.62. The normalized spacial score (nSPS) is 10.7. The second kappa shape index (κ2) is 9.85. The van der Waals surface area contributed by atoms with Gasteiger partial charge < -0.3 is 10.6 Å². The van der Waals surface area contributed by atoms with Crippen LogP contribution in [0.3, 0.4) is 0 Å². The summed E-state index contributed by atoms with van der Waals surface area (Å²) in [7, 11) is 0. The minimum atomic E-state index is -0.268. The Morgan fingerprint density at radius 3 is 1.91 bits per heavy atom. The minimum Gasteiger partial charge on any atom is -0.350 e. The zero-order valence-electron chi connectivity index (χ0n) is 17.3. The quantitative estimate of drug-likeness (QED) is 0.360. The van der Waals surface area contributed by atoms with Crippen LogP contribution in [-0.4, -0.2) is 20.7 Å². The van der Waals surface area contributed by atoms with Crippen LogP contribution >= 0.6 is 23.2 Å². The highest BCUT2D eigenvalue weighted by molar-refractivity contribution is 6.30. The van der Waals surface area contributed by atoms with Gasteiger partial charge >= 0.3 is 0 Å². The molecule has 1 heterocycles. The molecule has 0 aliphatic rings. The minimum absolute atomic E-state index is 0.268. The maximum absolute atomic E-state index is 13.1. The third-order valence-electron chi connectivity index (χ3n) is 4.83. The fourth-order valence-electron chi connectivity index (χ4n) is 3.03. The van der Waals surface area contributed by atoms with Crippen LogP contribution in [0, 0.1) is 6.92 Å². The average Bonchev–Trinajstić information content (AvgIpc) is 3.21. The van der Waals surface area contributed by atoms with E-state index in [4.69, 9.17) is 23.2 Å². The van der Waals surface area contributed by atoms with Gasteiger partial charge in [-0.1, -0.05) is 65.2 Å². The molecule has 0 aliphatic heterocycles. The van der Waals surface area contributed by atoms with Gasteiger partial charge in [0.2, 0.25) is 11.9 Å². The molecule has 1 aromatic heterocycles. The molecule has 0 amide bonds. The standard InChI is InChI=1S/C24H21Cl2N5O/c1-16-2-8-19(9-3-16)22(32)31-24(28-15-18-6-12-21(26)13-7-18)29-23(30-31)27-14-17-4-10-20(25)11-5-17/h2-13H,14-15H2,1H3,(H2,27,28,29,30).